The Morgan fingerprint density at radius 1 is 1.10 bits per heavy atom. The third-order valence-corrected chi connectivity index (χ3v) is 4.81. The van der Waals surface area contributed by atoms with E-state index in [1.54, 1.807) is 24.3 Å². The highest BCUT2D eigenvalue weighted by Gasteiger charge is 2.12. The Labute approximate surface area is 173 Å². The molecule has 0 saturated heterocycles. The van der Waals surface area contributed by atoms with Crippen molar-refractivity contribution in [3.05, 3.63) is 76.8 Å². The lowest BCUT2D eigenvalue weighted by Gasteiger charge is -2.11. The molecule has 1 amide bonds. The summed E-state index contributed by atoms with van der Waals surface area (Å²) in [5, 5.41) is 3.34. The zero-order valence-electron chi connectivity index (χ0n) is 16.0. The number of oxazole rings is 1. The number of nitrogens with zero attached hydrogens (tertiary/aromatic N) is 1. The number of halogens is 1. The lowest BCUT2D eigenvalue weighted by Crippen LogP contribution is -2.20. The van der Waals surface area contributed by atoms with E-state index in [1.807, 2.05) is 50.2 Å². The SMILES string of the molecule is Cc1ccc2nc(-c3ccc(C)c(NC(=O)COc4ccccc4Cl)c3)oc2c1. The van der Waals surface area contributed by atoms with Gasteiger partial charge in [-0.3, -0.25) is 4.79 Å². The van der Waals surface area contributed by atoms with E-state index in [9.17, 15) is 4.79 Å². The zero-order valence-corrected chi connectivity index (χ0v) is 16.8. The van der Waals surface area contributed by atoms with Crippen LogP contribution in [-0.2, 0) is 4.79 Å². The Bertz CT molecular complexity index is 1200. The largest absolute Gasteiger partial charge is 0.482 e. The summed E-state index contributed by atoms with van der Waals surface area (Å²) in [6, 6.07) is 18.6. The summed E-state index contributed by atoms with van der Waals surface area (Å²) in [4.78, 5) is 16.9. The first-order chi connectivity index (χ1) is 14.0. The van der Waals surface area contributed by atoms with Crippen LogP contribution in [-0.4, -0.2) is 17.5 Å². The standard InChI is InChI=1S/C23H19ClN2O3/c1-14-7-10-18-21(11-14)29-23(26-18)16-9-8-15(2)19(12-16)25-22(27)13-28-20-6-4-3-5-17(20)24/h3-12H,13H2,1-2H3,(H,25,27). The molecule has 0 aliphatic carbocycles. The molecule has 0 fully saturated rings. The van der Waals surface area contributed by atoms with Crippen LogP contribution in [0.5, 0.6) is 5.75 Å². The van der Waals surface area contributed by atoms with Gasteiger partial charge in [0.05, 0.1) is 5.02 Å². The van der Waals surface area contributed by atoms with Crippen LogP contribution in [0.2, 0.25) is 5.02 Å². The molecule has 0 radical (unpaired) electrons. The van der Waals surface area contributed by atoms with Gasteiger partial charge in [-0.15, -0.1) is 0 Å². The van der Waals surface area contributed by atoms with Crippen molar-refractivity contribution in [3.8, 4) is 17.2 Å². The molecule has 1 heterocycles. The van der Waals surface area contributed by atoms with Crippen molar-refractivity contribution in [2.75, 3.05) is 11.9 Å². The molecule has 1 N–H and O–H groups in total. The van der Waals surface area contributed by atoms with E-state index in [1.165, 1.54) is 0 Å². The lowest BCUT2D eigenvalue weighted by atomic mass is 10.1. The lowest BCUT2D eigenvalue weighted by molar-refractivity contribution is -0.118. The van der Waals surface area contributed by atoms with Crippen LogP contribution in [0.3, 0.4) is 0 Å². The van der Waals surface area contributed by atoms with Crippen LogP contribution < -0.4 is 10.1 Å². The van der Waals surface area contributed by atoms with Crippen LogP contribution in [0.15, 0.2) is 65.1 Å². The second-order valence-electron chi connectivity index (χ2n) is 6.79. The number of carbonyl (C=O) groups excluding carboxylic acids is 1. The fourth-order valence-corrected chi connectivity index (χ4v) is 3.13. The number of amides is 1. The third-order valence-electron chi connectivity index (χ3n) is 4.50. The van der Waals surface area contributed by atoms with E-state index in [4.69, 9.17) is 20.8 Å². The second kappa shape index (κ2) is 7.97. The number of anilines is 1. The number of hydrogen-bond acceptors (Lipinski definition) is 4. The minimum absolute atomic E-state index is 0.143. The molecule has 0 bridgehead atoms. The van der Waals surface area contributed by atoms with Crippen molar-refractivity contribution in [2.24, 2.45) is 0 Å². The van der Waals surface area contributed by atoms with E-state index in [0.717, 1.165) is 27.8 Å². The Balaban J connectivity index is 1.51. The Kier molecular flexibility index (Phi) is 5.23. The van der Waals surface area contributed by atoms with Gasteiger partial charge in [-0.25, -0.2) is 4.98 Å². The maximum Gasteiger partial charge on any atom is 0.262 e. The monoisotopic (exact) mass is 406 g/mol. The molecule has 4 rings (SSSR count). The average Bonchev–Trinajstić information content (AvgIpc) is 3.12. The molecule has 5 nitrogen and oxygen atoms in total. The molecule has 4 aromatic rings. The predicted molar refractivity (Wildman–Crippen MR) is 114 cm³/mol. The first-order valence-electron chi connectivity index (χ1n) is 9.15. The van der Waals surface area contributed by atoms with Crippen molar-refractivity contribution in [2.45, 2.75) is 13.8 Å². The number of hydrogen-bond donors (Lipinski definition) is 1. The van der Waals surface area contributed by atoms with Gasteiger partial charge >= 0.3 is 0 Å². The van der Waals surface area contributed by atoms with E-state index in [-0.39, 0.29) is 12.5 Å². The highest BCUT2D eigenvalue weighted by atomic mass is 35.5. The number of carbonyl (C=O) groups is 1. The third kappa shape index (κ3) is 4.25. The van der Waals surface area contributed by atoms with Gasteiger partial charge < -0.3 is 14.5 Å². The molecule has 6 heteroatoms. The van der Waals surface area contributed by atoms with Gasteiger partial charge in [0.15, 0.2) is 12.2 Å². The van der Waals surface area contributed by atoms with E-state index < -0.39 is 0 Å². The number of rotatable bonds is 5. The molecule has 1 aromatic heterocycles. The van der Waals surface area contributed by atoms with Gasteiger partial charge in [0, 0.05) is 11.3 Å². The molecule has 29 heavy (non-hydrogen) atoms. The van der Waals surface area contributed by atoms with E-state index in [2.05, 4.69) is 10.3 Å². The van der Waals surface area contributed by atoms with Gasteiger partial charge in [-0.1, -0.05) is 35.9 Å². The average molecular weight is 407 g/mol. The van der Waals surface area contributed by atoms with Gasteiger partial charge in [0.2, 0.25) is 5.89 Å². The normalized spacial score (nSPS) is 10.9. The maximum atomic E-state index is 12.4. The van der Waals surface area contributed by atoms with Crippen LogP contribution in [0.25, 0.3) is 22.6 Å². The molecule has 0 aliphatic heterocycles. The van der Waals surface area contributed by atoms with Gasteiger partial charge in [-0.2, -0.15) is 0 Å². The molecular formula is C23H19ClN2O3. The van der Waals surface area contributed by atoms with Gasteiger partial charge in [-0.05, 0) is 61.4 Å². The summed E-state index contributed by atoms with van der Waals surface area (Å²) in [6.07, 6.45) is 0. The topological polar surface area (TPSA) is 64.4 Å². The van der Waals surface area contributed by atoms with Crippen molar-refractivity contribution in [3.63, 3.8) is 0 Å². The summed E-state index contributed by atoms with van der Waals surface area (Å²) in [7, 11) is 0. The van der Waals surface area contributed by atoms with Crippen LogP contribution in [0.4, 0.5) is 5.69 Å². The van der Waals surface area contributed by atoms with Crippen molar-refractivity contribution >= 4 is 34.3 Å². The molecule has 0 spiro atoms. The molecule has 0 saturated carbocycles. The maximum absolute atomic E-state index is 12.4. The molecule has 0 aliphatic rings. The summed E-state index contributed by atoms with van der Waals surface area (Å²) >= 11 is 6.05. The number of aryl methyl sites for hydroxylation is 2. The van der Waals surface area contributed by atoms with Crippen molar-refractivity contribution in [1.82, 2.24) is 4.98 Å². The number of ether oxygens (including phenoxy) is 1. The van der Waals surface area contributed by atoms with Crippen molar-refractivity contribution in [1.29, 1.82) is 0 Å². The summed E-state index contributed by atoms with van der Waals surface area (Å²) in [5.74, 6) is 0.698. The fourth-order valence-electron chi connectivity index (χ4n) is 2.94. The van der Waals surface area contributed by atoms with E-state index in [0.29, 0.717) is 22.4 Å². The minimum Gasteiger partial charge on any atom is -0.482 e. The molecule has 0 atom stereocenters. The quantitative estimate of drug-likeness (QED) is 0.456. The van der Waals surface area contributed by atoms with Crippen LogP contribution in [0, 0.1) is 13.8 Å². The first kappa shape index (κ1) is 19.0. The van der Waals surface area contributed by atoms with Crippen LogP contribution in [0.1, 0.15) is 11.1 Å². The number of para-hydroxylation sites is 1. The Morgan fingerprint density at radius 2 is 1.93 bits per heavy atom. The number of benzene rings is 3. The Hall–Kier alpha value is -3.31. The zero-order chi connectivity index (χ0) is 20.4. The molecule has 0 unspecified atom stereocenters. The van der Waals surface area contributed by atoms with Gasteiger partial charge in [0.25, 0.3) is 5.91 Å². The summed E-state index contributed by atoms with van der Waals surface area (Å²) in [6.45, 7) is 3.78. The number of aromatic nitrogens is 1. The summed E-state index contributed by atoms with van der Waals surface area (Å²) < 4.78 is 11.4. The second-order valence-corrected chi connectivity index (χ2v) is 7.19. The molecular weight excluding hydrogens is 388 g/mol. The van der Waals surface area contributed by atoms with Crippen molar-refractivity contribution < 1.29 is 13.9 Å². The highest BCUT2D eigenvalue weighted by Crippen LogP contribution is 2.28. The first-order valence-corrected chi connectivity index (χ1v) is 9.53. The highest BCUT2D eigenvalue weighted by molar-refractivity contribution is 6.32. The fraction of sp³-hybridized carbons (Fsp3) is 0.130. The smallest absolute Gasteiger partial charge is 0.262 e. The number of fused-ring (bicyclic) bond motifs is 1. The minimum atomic E-state index is -0.279. The molecule has 3 aromatic carbocycles. The van der Waals surface area contributed by atoms with Crippen LogP contribution >= 0.6 is 11.6 Å². The predicted octanol–water partition coefficient (Wildman–Crippen LogP) is 5.78. The number of nitrogens with one attached hydrogen (secondary N) is 1. The van der Waals surface area contributed by atoms with Gasteiger partial charge in [0.1, 0.15) is 11.3 Å². The van der Waals surface area contributed by atoms with E-state index >= 15 is 0 Å². The molecule has 146 valence electrons. The summed E-state index contributed by atoms with van der Waals surface area (Å²) in [5.41, 5.74) is 5.02. The Morgan fingerprint density at radius 3 is 2.76 bits per heavy atom.